The molecule has 3 aliphatic rings. The Morgan fingerprint density at radius 1 is 1.27 bits per heavy atom. The summed E-state index contributed by atoms with van der Waals surface area (Å²) in [7, 11) is 0. The summed E-state index contributed by atoms with van der Waals surface area (Å²) < 4.78 is 19.5. The van der Waals surface area contributed by atoms with Gasteiger partial charge in [0, 0.05) is 11.4 Å². The number of ether oxygens (including phenoxy) is 1. The van der Waals surface area contributed by atoms with Crippen molar-refractivity contribution in [1.29, 1.82) is 0 Å². The van der Waals surface area contributed by atoms with Gasteiger partial charge in [0.05, 0.1) is 12.2 Å². The molecule has 4 nitrogen and oxygen atoms in total. The summed E-state index contributed by atoms with van der Waals surface area (Å²) in [6, 6.07) is 10.0. The van der Waals surface area contributed by atoms with Gasteiger partial charge in [-0.25, -0.2) is 9.18 Å². The third-order valence-corrected chi connectivity index (χ3v) is 5.94. The normalized spacial score (nSPS) is 24.0. The fourth-order valence-corrected chi connectivity index (χ4v) is 4.39. The molecule has 26 heavy (non-hydrogen) atoms. The molecule has 0 unspecified atom stereocenters. The fraction of sp³-hybridized carbons (Fsp3) is 0.421. The first kappa shape index (κ1) is 19.1. The number of amides is 1. The number of nitrogens with zero attached hydrogens (tertiary/aromatic N) is 2. The molecular formula is C19H22ClFN2O2S. The number of carbonyl (C=O) groups is 1. The van der Waals surface area contributed by atoms with Crippen LogP contribution in [0, 0.1) is 11.7 Å². The predicted molar refractivity (Wildman–Crippen MR) is 104 cm³/mol. The summed E-state index contributed by atoms with van der Waals surface area (Å²) >= 11 is 1.57. The van der Waals surface area contributed by atoms with Gasteiger partial charge in [0.1, 0.15) is 11.9 Å². The van der Waals surface area contributed by atoms with Crippen molar-refractivity contribution in [2.24, 2.45) is 5.92 Å². The molecule has 3 saturated heterocycles. The smallest absolute Gasteiger partial charge is 0.414 e. The Bertz CT molecular complexity index is 735. The van der Waals surface area contributed by atoms with Gasteiger partial charge in [0.25, 0.3) is 0 Å². The Labute approximate surface area is 163 Å². The van der Waals surface area contributed by atoms with Gasteiger partial charge in [-0.15, -0.1) is 23.7 Å². The highest BCUT2D eigenvalue weighted by Gasteiger charge is 2.37. The molecular weight excluding hydrogens is 375 g/mol. The van der Waals surface area contributed by atoms with E-state index < -0.39 is 6.09 Å². The number of rotatable bonds is 4. The largest absolute Gasteiger partial charge is 0.444 e. The topological polar surface area (TPSA) is 32.8 Å². The van der Waals surface area contributed by atoms with Crippen LogP contribution in [0.1, 0.15) is 17.7 Å². The molecule has 3 fully saturated rings. The molecule has 0 aliphatic carbocycles. The first-order valence-electron chi connectivity index (χ1n) is 8.67. The number of anilines is 1. The highest BCUT2D eigenvalue weighted by molar-refractivity contribution is 7.09. The molecule has 2 aromatic rings. The van der Waals surface area contributed by atoms with Crippen LogP contribution in [0.25, 0.3) is 0 Å². The van der Waals surface area contributed by atoms with E-state index in [1.165, 1.54) is 17.0 Å². The van der Waals surface area contributed by atoms with Gasteiger partial charge in [0.15, 0.2) is 0 Å². The molecule has 2 bridgehead atoms. The number of benzene rings is 1. The first-order valence-corrected chi connectivity index (χ1v) is 9.55. The molecule has 1 atom stereocenters. The third-order valence-electron chi connectivity index (χ3n) is 5.08. The van der Waals surface area contributed by atoms with E-state index in [1.807, 2.05) is 17.5 Å². The van der Waals surface area contributed by atoms with Crippen molar-refractivity contribution in [3.05, 3.63) is 52.5 Å². The molecule has 5 rings (SSSR count). The van der Waals surface area contributed by atoms with E-state index in [-0.39, 0.29) is 24.3 Å². The number of carbonyl (C=O) groups excluding carboxylic acids is 1. The van der Waals surface area contributed by atoms with E-state index in [0.717, 1.165) is 37.4 Å². The van der Waals surface area contributed by atoms with Crippen LogP contribution >= 0.6 is 23.7 Å². The number of halogens is 2. The van der Waals surface area contributed by atoms with Gasteiger partial charge >= 0.3 is 6.09 Å². The van der Waals surface area contributed by atoms with Crippen molar-refractivity contribution in [2.75, 3.05) is 24.5 Å². The zero-order valence-electron chi connectivity index (χ0n) is 14.3. The number of piperidine rings is 3. The lowest BCUT2D eigenvalue weighted by atomic mass is 9.86. The zero-order valence-corrected chi connectivity index (χ0v) is 16.0. The average molecular weight is 397 g/mol. The van der Waals surface area contributed by atoms with Gasteiger partial charge < -0.3 is 4.74 Å². The lowest BCUT2D eigenvalue weighted by Gasteiger charge is -2.44. The Hall–Kier alpha value is -1.63. The van der Waals surface area contributed by atoms with E-state index in [4.69, 9.17) is 4.74 Å². The van der Waals surface area contributed by atoms with Crippen molar-refractivity contribution in [3.63, 3.8) is 0 Å². The van der Waals surface area contributed by atoms with E-state index in [1.54, 1.807) is 23.5 Å². The summed E-state index contributed by atoms with van der Waals surface area (Å²) in [6.45, 7) is 3.40. The minimum Gasteiger partial charge on any atom is -0.444 e. The second kappa shape index (κ2) is 8.37. The van der Waals surface area contributed by atoms with Gasteiger partial charge in [-0.3, -0.25) is 9.80 Å². The number of hydrogen-bond donors (Lipinski definition) is 0. The van der Waals surface area contributed by atoms with Gasteiger partial charge in [0.2, 0.25) is 0 Å². The Morgan fingerprint density at radius 2 is 2.08 bits per heavy atom. The summed E-state index contributed by atoms with van der Waals surface area (Å²) in [5, 5.41) is 1.97. The minimum atomic E-state index is -0.391. The van der Waals surface area contributed by atoms with E-state index >= 15 is 0 Å². The summed E-state index contributed by atoms with van der Waals surface area (Å²) in [5.41, 5.74) is 0.527. The van der Waals surface area contributed by atoms with Crippen LogP contribution in [0.3, 0.4) is 0 Å². The van der Waals surface area contributed by atoms with Crippen molar-refractivity contribution in [1.82, 2.24) is 4.90 Å². The Morgan fingerprint density at radius 3 is 2.69 bits per heavy atom. The molecule has 0 spiro atoms. The number of fused-ring (bicyclic) bond motifs is 3. The fourth-order valence-electron chi connectivity index (χ4n) is 3.70. The van der Waals surface area contributed by atoms with Gasteiger partial charge in [-0.2, -0.15) is 0 Å². The van der Waals surface area contributed by atoms with Crippen LogP contribution < -0.4 is 4.90 Å². The monoisotopic (exact) mass is 396 g/mol. The Kier molecular flexibility index (Phi) is 6.16. The second-order valence-electron chi connectivity index (χ2n) is 6.71. The number of hydrogen-bond acceptors (Lipinski definition) is 4. The van der Waals surface area contributed by atoms with Crippen molar-refractivity contribution >= 4 is 35.5 Å². The molecule has 0 radical (unpaired) electrons. The van der Waals surface area contributed by atoms with E-state index in [2.05, 4.69) is 4.90 Å². The van der Waals surface area contributed by atoms with Crippen LogP contribution in [0.4, 0.5) is 14.9 Å². The standard InChI is InChI=1S/C19H21FN2O2S.ClH/c20-15-3-1-4-16(11-15)22(12-17-5-2-10-25-17)19(23)24-18-13-21-8-6-14(18)7-9-21;/h1-5,10-11,14,18H,6-9,12-13H2;1H/t18-;/m0./s1. The van der Waals surface area contributed by atoms with Gasteiger partial charge in [-0.1, -0.05) is 12.1 Å². The molecule has 0 saturated carbocycles. The van der Waals surface area contributed by atoms with Crippen LogP contribution in [0.15, 0.2) is 41.8 Å². The van der Waals surface area contributed by atoms with Crippen molar-refractivity contribution in [3.8, 4) is 0 Å². The van der Waals surface area contributed by atoms with Crippen LogP contribution in [0.5, 0.6) is 0 Å². The number of thiophene rings is 1. The lowest BCUT2D eigenvalue weighted by molar-refractivity contribution is -0.0311. The molecule has 1 aromatic carbocycles. The highest BCUT2D eigenvalue weighted by atomic mass is 35.5. The molecule has 0 N–H and O–H groups in total. The average Bonchev–Trinajstić information content (AvgIpc) is 3.14. The lowest BCUT2D eigenvalue weighted by Crippen LogP contribution is -2.53. The zero-order chi connectivity index (χ0) is 17.2. The molecule has 7 heteroatoms. The summed E-state index contributed by atoms with van der Waals surface area (Å²) in [5.74, 6) is 0.0920. The molecule has 3 aliphatic heterocycles. The molecule has 4 heterocycles. The quantitative estimate of drug-likeness (QED) is 0.760. The van der Waals surface area contributed by atoms with Gasteiger partial charge in [-0.05, 0) is 61.5 Å². The first-order chi connectivity index (χ1) is 12.2. The second-order valence-corrected chi connectivity index (χ2v) is 7.74. The van der Waals surface area contributed by atoms with Crippen molar-refractivity contribution < 1.29 is 13.9 Å². The van der Waals surface area contributed by atoms with E-state index in [0.29, 0.717) is 18.2 Å². The predicted octanol–water partition coefficient (Wildman–Crippen LogP) is 4.55. The summed E-state index contributed by atoms with van der Waals surface area (Å²) in [6.07, 6.45) is 1.72. The van der Waals surface area contributed by atoms with E-state index in [9.17, 15) is 9.18 Å². The highest BCUT2D eigenvalue weighted by Crippen LogP contribution is 2.31. The maximum absolute atomic E-state index is 13.7. The van der Waals surface area contributed by atoms with Crippen LogP contribution in [0.2, 0.25) is 0 Å². The molecule has 140 valence electrons. The van der Waals surface area contributed by atoms with Crippen LogP contribution in [-0.2, 0) is 11.3 Å². The van der Waals surface area contributed by atoms with Crippen LogP contribution in [-0.4, -0.2) is 36.7 Å². The molecule has 1 amide bonds. The summed E-state index contributed by atoms with van der Waals surface area (Å²) in [4.78, 5) is 17.8. The molecule has 1 aromatic heterocycles. The minimum absolute atomic E-state index is 0. The third kappa shape index (κ3) is 4.19. The maximum Gasteiger partial charge on any atom is 0.414 e. The Balaban J connectivity index is 0.00000196. The maximum atomic E-state index is 13.7. The SMILES string of the molecule is Cl.O=C(O[C@H]1CN2CCC1CC2)N(Cc1cccs1)c1cccc(F)c1. The van der Waals surface area contributed by atoms with Crippen molar-refractivity contribution in [2.45, 2.75) is 25.5 Å².